The molecule has 0 bridgehead atoms. The van der Waals surface area contributed by atoms with Crippen LogP contribution < -0.4 is 19.9 Å². The van der Waals surface area contributed by atoms with Gasteiger partial charge in [-0.25, -0.2) is 13.1 Å². The summed E-state index contributed by atoms with van der Waals surface area (Å²) in [5.74, 6) is 0.509. The van der Waals surface area contributed by atoms with Gasteiger partial charge in [-0.2, -0.15) is 0 Å². The van der Waals surface area contributed by atoms with Gasteiger partial charge in [0, 0.05) is 13.0 Å². The number of hydrogen-bond donors (Lipinski definition) is 2. The van der Waals surface area contributed by atoms with Crippen molar-refractivity contribution in [2.75, 3.05) is 20.8 Å². The largest absolute Gasteiger partial charge is 0.493 e. The van der Waals surface area contributed by atoms with Gasteiger partial charge in [0.05, 0.1) is 19.1 Å². The van der Waals surface area contributed by atoms with Crippen LogP contribution in [0.15, 0.2) is 35.2 Å². The van der Waals surface area contributed by atoms with Crippen LogP contribution in [0.4, 0.5) is 0 Å². The van der Waals surface area contributed by atoms with Crippen molar-refractivity contribution < 1.29 is 22.7 Å². The van der Waals surface area contributed by atoms with Gasteiger partial charge in [0.15, 0.2) is 11.5 Å². The lowest BCUT2D eigenvalue weighted by Crippen LogP contribution is -2.28. The van der Waals surface area contributed by atoms with Gasteiger partial charge >= 0.3 is 0 Å². The molecule has 3 N–H and O–H groups in total. The molecular formula is C15H18N2O5S. The molecule has 23 heavy (non-hydrogen) atoms. The molecule has 7 nitrogen and oxygen atoms in total. The van der Waals surface area contributed by atoms with Gasteiger partial charge in [-0.3, -0.25) is 4.79 Å². The molecule has 0 fully saturated rings. The highest BCUT2D eigenvalue weighted by Gasteiger charge is 2.15. The van der Waals surface area contributed by atoms with E-state index < -0.39 is 15.9 Å². The molecular weight excluding hydrogens is 320 g/mol. The minimum Gasteiger partial charge on any atom is -0.493 e. The first-order valence-corrected chi connectivity index (χ1v) is 8.29. The standard InChI is InChI=1S/C15H18N2O5S/c1-21-13-8-10-3-4-12(7-11(10)9-14(13)22-2)23(19,20)17-6-5-15(16)18/h3-4,7-9,17H,5-6H2,1-2H3,(H2,16,18). The number of primary amides is 1. The maximum atomic E-state index is 12.2. The monoisotopic (exact) mass is 338 g/mol. The third-order valence-electron chi connectivity index (χ3n) is 3.29. The van der Waals surface area contributed by atoms with Crippen LogP contribution in [-0.4, -0.2) is 35.1 Å². The van der Waals surface area contributed by atoms with Crippen molar-refractivity contribution in [3.8, 4) is 11.5 Å². The summed E-state index contributed by atoms with van der Waals surface area (Å²) >= 11 is 0. The summed E-state index contributed by atoms with van der Waals surface area (Å²) < 4.78 is 37.2. The lowest BCUT2D eigenvalue weighted by Gasteiger charge is -2.11. The zero-order valence-corrected chi connectivity index (χ0v) is 13.6. The molecule has 1 amide bonds. The van der Waals surface area contributed by atoms with Gasteiger partial charge in [0.2, 0.25) is 15.9 Å². The highest BCUT2D eigenvalue weighted by atomic mass is 32.2. The number of carbonyl (C=O) groups excluding carboxylic acids is 1. The van der Waals surface area contributed by atoms with Crippen molar-refractivity contribution in [2.45, 2.75) is 11.3 Å². The van der Waals surface area contributed by atoms with Crippen molar-refractivity contribution in [1.29, 1.82) is 0 Å². The van der Waals surface area contributed by atoms with Gasteiger partial charge in [-0.15, -0.1) is 0 Å². The van der Waals surface area contributed by atoms with Gasteiger partial charge in [0.25, 0.3) is 0 Å². The Balaban J connectivity index is 2.37. The highest BCUT2D eigenvalue weighted by Crippen LogP contribution is 2.33. The topological polar surface area (TPSA) is 108 Å². The second-order valence-corrected chi connectivity index (χ2v) is 6.60. The Kier molecular flexibility index (Phi) is 5.07. The van der Waals surface area contributed by atoms with E-state index in [2.05, 4.69) is 4.72 Å². The Morgan fingerprint density at radius 1 is 1.09 bits per heavy atom. The van der Waals surface area contributed by atoms with E-state index in [-0.39, 0.29) is 17.9 Å². The fraction of sp³-hybridized carbons (Fsp3) is 0.267. The molecule has 0 aliphatic rings. The van der Waals surface area contributed by atoms with E-state index in [0.717, 1.165) is 5.39 Å². The average Bonchev–Trinajstić information content (AvgIpc) is 2.52. The summed E-state index contributed by atoms with van der Waals surface area (Å²) in [4.78, 5) is 10.8. The van der Waals surface area contributed by atoms with Crippen LogP contribution in [0.1, 0.15) is 6.42 Å². The second-order valence-electron chi connectivity index (χ2n) is 4.83. The molecule has 124 valence electrons. The number of ether oxygens (including phenoxy) is 2. The predicted molar refractivity (Wildman–Crippen MR) is 86.1 cm³/mol. The molecule has 2 aromatic rings. The number of rotatable bonds is 7. The number of amides is 1. The van der Waals surface area contributed by atoms with Crippen molar-refractivity contribution in [3.05, 3.63) is 30.3 Å². The van der Waals surface area contributed by atoms with E-state index in [4.69, 9.17) is 15.2 Å². The first-order valence-electron chi connectivity index (χ1n) is 6.81. The predicted octanol–water partition coefficient (Wildman–Crippen LogP) is 1.01. The van der Waals surface area contributed by atoms with Crippen molar-refractivity contribution >= 4 is 26.7 Å². The third kappa shape index (κ3) is 3.91. The zero-order valence-electron chi connectivity index (χ0n) is 12.8. The first kappa shape index (κ1) is 17.0. The molecule has 0 spiro atoms. The van der Waals surface area contributed by atoms with Crippen LogP contribution in [0.2, 0.25) is 0 Å². The molecule has 0 saturated carbocycles. The molecule has 0 heterocycles. The summed E-state index contributed by atoms with van der Waals surface area (Å²) in [6, 6.07) is 8.17. The molecule has 0 saturated heterocycles. The Morgan fingerprint density at radius 2 is 1.70 bits per heavy atom. The molecule has 0 unspecified atom stereocenters. The van der Waals surface area contributed by atoms with Crippen LogP contribution in [-0.2, 0) is 14.8 Å². The maximum Gasteiger partial charge on any atom is 0.240 e. The van der Waals surface area contributed by atoms with Crippen LogP contribution >= 0.6 is 0 Å². The van der Waals surface area contributed by atoms with E-state index in [9.17, 15) is 13.2 Å². The highest BCUT2D eigenvalue weighted by molar-refractivity contribution is 7.89. The molecule has 0 aromatic heterocycles. The number of benzene rings is 2. The lowest BCUT2D eigenvalue weighted by atomic mass is 10.1. The minimum atomic E-state index is -3.71. The van der Waals surface area contributed by atoms with E-state index >= 15 is 0 Å². The zero-order chi connectivity index (χ0) is 17.0. The third-order valence-corrected chi connectivity index (χ3v) is 4.75. The van der Waals surface area contributed by atoms with Crippen molar-refractivity contribution in [3.63, 3.8) is 0 Å². The van der Waals surface area contributed by atoms with E-state index in [1.807, 2.05) is 0 Å². The molecule has 2 rings (SSSR count). The van der Waals surface area contributed by atoms with Gasteiger partial charge in [-0.05, 0) is 35.0 Å². The molecule has 0 atom stereocenters. The van der Waals surface area contributed by atoms with Crippen molar-refractivity contribution in [2.24, 2.45) is 5.73 Å². The number of methoxy groups -OCH3 is 2. The van der Waals surface area contributed by atoms with E-state index in [0.29, 0.717) is 16.9 Å². The molecule has 0 radical (unpaired) electrons. The lowest BCUT2D eigenvalue weighted by molar-refractivity contribution is -0.117. The van der Waals surface area contributed by atoms with Crippen LogP contribution in [0.25, 0.3) is 10.8 Å². The van der Waals surface area contributed by atoms with E-state index in [1.54, 1.807) is 18.2 Å². The quantitative estimate of drug-likeness (QED) is 0.783. The fourth-order valence-electron chi connectivity index (χ4n) is 2.11. The normalized spacial score (nSPS) is 11.4. The smallest absolute Gasteiger partial charge is 0.240 e. The Hall–Kier alpha value is -2.32. The SMILES string of the molecule is COc1cc2ccc(S(=O)(=O)NCCC(N)=O)cc2cc1OC. The number of hydrogen-bond acceptors (Lipinski definition) is 5. The van der Waals surface area contributed by atoms with Crippen LogP contribution in [0.3, 0.4) is 0 Å². The maximum absolute atomic E-state index is 12.2. The number of sulfonamides is 1. The van der Waals surface area contributed by atoms with Gasteiger partial charge in [-0.1, -0.05) is 6.07 Å². The van der Waals surface area contributed by atoms with Gasteiger partial charge < -0.3 is 15.2 Å². The van der Waals surface area contributed by atoms with E-state index in [1.165, 1.54) is 26.4 Å². The molecule has 8 heteroatoms. The number of nitrogens with two attached hydrogens (primary N) is 1. The first-order chi connectivity index (χ1) is 10.9. The number of carbonyl (C=O) groups is 1. The summed E-state index contributed by atoms with van der Waals surface area (Å²) in [6.07, 6.45) is -0.0577. The van der Waals surface area contributed by atoms with Crippen LogP contribution in [0.5, 0.6) is 11.5 Å². The summed E-state index contributed by atoms with van der Waals surface area (Å²) in [5.41, 5.74) is 4.99. The van der Waals surface area contributed by atoms with Crippen LogP contribution in [0, 0.1) is 0 Å². The Bertz CT molecular complexity index is 833. The minimum absolute atomic E-state index is 0.0400. The molecule has 2 aromatic carbocycles. The summed E-state index contributed by atoms with van der Waals surface area (Å²) in [6.45, 7) is -0.0400. The Morgan fingerprint density at radius 3 is 2.26 bits per heavy atom. The number of fused-ring (bicyclic) bond motifs is 1. The molecule has 0 aliphatic heterocycles. The Labute approximate surface area is 134 Å². The van der Waals surface area contributed by atoms with Crippen molar-refractivity contribution in [1.82, 2.24) is 4.72 Å². The molecule has 0 aliphatic carbocycles. The fourth-order valence-corrected chi connectivity index (χ4v) is 3.18. The second kappa shape index (κ2) is 6.84. The van der Waals surface area contributed by atoms with Gasteiger partial charge in [0.1, 0.15) is 0 Å². The average molecular weight is 338 g/mol. The summed E-state index contributed by atoms with van der Waals surface area (Å²) in [5, 5.41) is 1.51. The summed E-state index contributed by atoms with van der Waals surface area (Å²) in [7, 11) is -0.670. The number of nitrogens with one attached hydrogen (secondary N) is 1.